The Morgan fingerprint density at radius 3 is 3.22 bits per heavy atom. The molecule has 3 heterocycles. The third-order valence-corrected chi connectivity index (χ3v) is 3.23. The number of carbonyl (C=O) groups is 1. The van der Waals surface area contributed by atoms with Gasteiger partial charge < -0.3 is 15.5 Å². The molecule has 2 aliphatic rings. The fourth-order valence-corrected chi connectivity index (χ4v) is 2.23. The molecule has 1 fully saturated rings. The predicted octanol–water partition coefficient (Wildman–Crippen LogP) is 0.528. The Morgan fingerprint density at radius 1 is 1.56 bits per heavy atom. The van der Waals surface area contributed by atoms with E-state index in [1.165, 1.54) is 0 Å². The van der Waals surface area contributed by atoms with Crippen molar-refractivity contribution in [1.82, 2.24) is 10.3 Å². The van der Waals surface area contributed by atoms with Gasteiger partial charge in [0.25, 0.3) is 5.91 Å². The summed E-state index contributed by atoms with van der Waals surface area (Å²) in [5.41, 5.74) is 0.806. The second-order valence-corrected chi connectivity index (χ2v) is 4.61. The molecule has 0 radical (unpaired) electrons. The summed E-state index contributed by atoms with van der Waals surface area (Å²) in [6.07, 6.45) is 4.71. The lowest BCUT2D eigenvalue weighted by Gasteiger charge is -2.18. The molecule has 6 heteroatoms. The van der Waals surface area contributed by atoms with Crippen LogP contribution in [0.4, 0.5) is 5.69 Å². The van der Waals surface area contributed by atoms with Crippen LogP contribution in [0.5, 0.6) is 0 Å². The van der Waals surface area contributed by atoms with E-state index >= 15 is 0 Å². The van der Waals surface area contributed by atoms with Gasteiger partial charge in [-0.2, -0.15) is 0 Å². The molecule has 2 N–H and O–H groups in total. The van der Waals surface area contributed by atoms with Crippen molar-refractivity contribution >= 4 is 17.3 Å². The SMILES string of the molecule is O=C(Nc1cccnc1)C1=NOC2(CCNC2)C1. The van der Waals surface area contributed by atoms with E-state index < -0.39 is 0 Å². The maximum atomic E-state index is 12.0. The second kappa shape index (κ2) is 4.38. The average Bonchev–Trinajstić information content (AvgIpc) is 3.02. The Kier molecular flexibility index (Phi) is 2.71. The lowest BCUT2D eigenvalue weighted by atomic mass is 9.96. The summed E-state index contributed by atoms with van der Waals surface area (Å²) < 4.78 is 0. The molecule has 94 valence electrons. The molecular formula is C12H14N4O2. The number of nitrogens with one attached hydrogen (secondary N) is 2. The number of pyridine rings is 1. The van der Waals surface area contributed by atoms with E-state index in [9.17, 15) is 4.79 Å². The molecular weight excluding hydrogens is 232 g/mol. The van der Waals surface area contributed by atoms with Crippen molar-refractivity contribution in [3.8, 4) is 0 Å². The zero-order chi connectivity index (χ0) is 12.4. The first kappa shape index (κ1) is 11.2. The van der Waals surface area contributed by atoms with E-state index in [1.807, 2.05) is 0 Å². The van der Waals surface area contributed by atoms with Crippen molar-refractivity contribution in [1.29, 1.82) is 0 Å². The van der Waals surface area contributed by atoms with Gasteiger partial charge in [0.05, 0.1) is 11.9 Å². The van der Waals surface area contributed by atoms with Gasteiger partial charge in [0.2, 0.25) is 0 Å². The van der Waals surface area contributed by atoms with Crippen LogP contribution in [-0.4, -0.2) is 35.3 Å². The Hall–Kier alpha value is -1.95. The van der Waals surface area contributed by atoms with E-state index in [1.54, 1.807) is 24.5 Å². The van der Waals surface area contributed by atoms with Gasteiger partial charge in [-0.25, -0.2) is 0 Å². The molecule has 1 aromatic rings. The van der Waals surface area contributed by atoms with E-state index in [0.29, 0.717) is 17.8 Å². The summed E-state index contributed by atoms with van der Waals surface area (Å²) in [6.45, 7) is 1.66. The first-order chi connectivity index (χ1) is 8.77. The fraction of sp³-hybridized carbons (Fsp3) is 0.417. The van der Waals surface area contributed by atoms with Gasteiger partial charge in [0.1, 0.15) is 5.71 Å². The van der Waals surface area contributed by atoms with E-state index in [2.05, 4.69) is 20.8 Å². The minimum atomic E-state index is -0.304. The van der Waals surface area contributed by atoms with Crippen molar-refractivity contribution in [3.63, 3.8) is 0 Å². The molecule has 1 atom stereocenters. The van der Waals surface area contributed by atoms with E-state index in [4.69, 9.17) is 4.84 Å². The van der Waals surface area contributed by atoms with E-state index in [0.717, 1.165) is 19.5 Å². The molecule has 0 bridgehead atoms. The number of carbonyl (C=O) groups excluding carboxylic acids is 1. The molecule has 18 heavy (non-hydrogen) atoms. The maximum absolute atomic E-state index is 12.0. The Labute approximate surface area is 104 Å². The van der Waals surface area contributed by atoms with Crippen LogP contribution in [0.2, 0.25) is 0 Å². The number of rotatable bonds is 2. The highest BCUT2D eigenvalue weighted by Crippen LogP contribution is 2.30. The second-order valence-electron chi connectivity index (χ2n) is 4.61. The number of aromatic nitrogens is 1. The molecule has 0 saturated carbocycles. The summed E-state index contributed by atoms with van der Waals surface area (Å²) in [5, 5.41) is 9.89. The molecule has 0 aliphatic carbocycles. The van der Waals surface area contributed by atoms with Crippen LogP contribution < -0.4 is 10.6 Å². The number of nitrogens with zero attached hydrogens (tertiary/aromatic N) is 2. The molecule has 0 aromatic carbocycles. The van der Waals surface area contributed by atoms with Gasteiger partial charge in [0.15, 0.2) is 5.60 Å². The molecule has 1 amide bonds. The standard InChI is InChI=1S/C12H14N4O2/c17-11(15-9-2-1-4-13-7-9)10-6-12(18-16-10)3-5-14-8-12/h1-2,4,7,14H,3,5-6,8H2,(H,15,17). The normalized spacial score (nSPS) is 25.9. The van der Waals surface area contributed by atoms with Gasteiger partial charge in [0, 0.05) is 25.6 Å². The highest BCUT2D eigenvalue weighted by Gasteiger charge is 2.43. The van der Waals surface area contributed by atoms with Crippen LogP contribution in [0.15, 0.2) is 29.7 Å². The van der Waals surface area contributed by atoms with Crippen LogP contribution in [0.25, 0.3) is 0 Å². The molecule has 1 unspecified atom stereocenters. The molecule has 1 aromatic heterocycles. The number of hydrogen-bond donors (Lipinski definition) is 2. The Bertz CT molecular complexity index is 480. The van der Waals surface area contributed by atoms with Crippen LogP contribution in [0, 0.1) is 0 Å². The quantitative estimate of drug-likeness (QED) is 0.798. The minimum absolute atomic E-state index is 0.216. The van der Waals surface area contributed by atoms with Gasteiger partial charge in [-0.05, 0) is 18.7 Å². The van der Waals surface area contributed by atoms with Gasteiger partial charge in [-0.1, -0.05) is 5.16 Å². The van der Waals surface area contributed by atoms with Crippen molar-refractivity contribution in [2.45, 2.75) is 18.4 Å². The lowest BCUT2D eigenvalue weighted by molar-refractivity contribution is -0.110. The Morgan fingerprint density at radius 2 is 2.50 bits per heavy atom. The predicted molar refractivity (Wildman–Crippen MR) is 66.2 cm³/mol. The molecule has 2 aliphatic heterocycles. The zero-order valence-corrected chi connectivity index (χ0v) is 9.85. The molecule has 3 rings (SSSR count). The highest BCUT2D eigenvalue weighted by atomic mass is 16.7. The summed E-state index contributed by atoms with van der Waals surface area (Å²) in [7, 11) is 0. The highest BCUT2D eigenvalue weighted by molar-refractivity contribution is 6.43. The number of amides is 1. The fourth-order valence-electron chi connectivity index (χ4n) is 2.23. The monoisotopic (exact) mass is 246 g/mol. The molecule has 6 nitrogen and oxygen atoms in total. The molecule has 1 spiro atoms. The first-order valence-corrected chi connectivity index (χ1v) is 5.95. The number of hydrogen-bond acceptors (Lipinski definition) is 5. The average molecular weight is 246 g/mol. The Balaban J connectivity index is 1.64. The minimum Gasteiger partial charge on any atom is -0.387 e. The van der Waals surface area contributed by atoms with Crippen LogP contribution in [0.3, 0.4) is 0 Å². The number of oxime groups is 1. The van der Waals surface area contributed by atoms with E-state index in [-0.39, 0.29) is 11.5 Å². The first-order valence-electron chi connectivity index (χ1n) is 5.95. The smallest absolute Gasteiger partial charge is 0.273 e. The van der Waals surface area contributed by atoms with Gasteiger partial charge in [-0.15, -0.1) is 0 Å². The lowest BCUT2D eigenvalue weighted by Crippen LogP contribution is -2.33. The van der Waals surface area contributed by atoms with Gasteiger partial charge >= 0.3 is 0 Å². The van der Waals surface area contributed by atoms with Crippen molar-refractivity contribution in [2.24, 2.45) is 5.16 Å². The summed E-state index contributed by atoms with van der Waals surface area (Å²) in [4.78, 5) is 21.3. The van der Waals surface area contributed by atoms with Crippen molar-refractivity contribution in [3.05, 3.63) is 24.5 Å². The largest absolute Gasteiger partial charge is 0.387 e. The summed E-state index contributed by atoms with van der Waals surface area (Å²) in [6, 6.07) is 3.55. The topological polar surface area (TPSA) is 75.6 Å². The summed E-state index contributed by atoms with van der Waals surface area (Å²) in [5.74, 6) is -0.216. The maximum Gasteiger partial charge on any atom is 0.273 e. The van der Waals surface area contributed by atoms with Crippen LogP contribution >= 0.6 is 0 Å². The summed E-state index contributed by atoms with van der Waals surface area (Å²) >= 11 is 0. The third kappa shape index (κ3) is 2.06. The molecule has 1 saturated heterocycles. The van der Waals surface area contributed by atoms with Crippen LogP contribution in [-0.2, 0) is 9.63 Å². The van der Waals surface area contributed by atoms with Crippen molar-refractivity contribution in [2.75, 3.05) is 18.4 Å². The third-order valence-electron chi connectivity index (χ3n) is 3.23. The zero-order valence-electron chi connectivity index (χ0n) is 9.85. The van der Waals surface area contributed by atoms with Crippen LogP contribution in [0.1, 0.15) is 12.8 Å². The van der Waals surface area contributed by atoms with Gasteiger partial charge in [-0.3, -0.25) is 9.78 Å². The number of anilines is 1. The van der Waals surface area contributed by atoms with Crippen molar-refractivity contribution < 1.29 is 9.63 Å².